The van der Waals surface area contributed by atoms with E-state index in [1.807, 2.05) is 0 Å². The summed E-state index contributed by atoms with van der Waals surface area (Å²) in [6, 6.07) is 11.1. The van der Waals surface area contributed by atoms with Gasteiger partial charge in [-0.25, -0.2) is 17.2 Å². The number of ether oxygens (including phenoxy) is 1. The summed E-state index contributed by atoms with van der Waals surface area (Å²) in [7, 11) is -2.21. The first-order valence-electron chi connectivity index (χ1n) is 8.66. The molecule has 9 heteroatoms. The Labute approximate surface area is 163 Å². The van der Waals surface area contributed by atoms with Crippen LogP contribution in [-0.2, 0) is 9.84 Å². The van der Waals surface area contributed by atoms with Crippen molar-refractivity contribution in [3.8, 4) is 5.75 Å². The predicted octanol–water partition coefficient (Wildman–Crippen LogP) is 2.37. The number of rotatable bonds is 8. The van der Waals surface area contributed by atoms with E-state index >= 15 is 0 Å². The summed E-state index contributed by atoms with van der Waals surface area (Å²) >= 11 is 0. The lowest BCUT2D eigenvalue weighted by atomic mass is 10.3. The molecule has 2 rings (SSSR count). The SMILES string of the molecule is CN=C(NCCS(=O)(=O)c1ccccc1F)NCC(C)Oc1cccc(F)c1. The fourth-order valence-electron chi connectivity index (χ4n) is 2.39. The third-order valence-electron chi connectivity index (χ3n) is 3.75. The second kappa shape index (κ2) is 10.0. The van der Waals surface area contributed by atoms with Gasteiger partial charge in [0, 0.05) is 19.7 Å². The molecule has 28 heavy (non-hydrogen) atoms. The van der Waals surface area contributed by atoms with Crippen molar-refractivity contribution in [3.05, 3.63) is 60.2 Å². The highest BCUT2D eigenvalue weighted by atomic mass is 32.2. The van der Waals surface area contributed by atoms with Crippen LogP contribution in [0.5, 0.6) is 5.75 Å². The zero-order valence-corrected chi connectivity index (χ0v) is 16.5. The van der Waals surface area contributed by atoms with Crippen LogP contribution >= 0.6 is 0 Å². The molecule has 1 atom stereocenters. The van der Waals surface area contributed by atoms with Crippen LogP contribution in [0.3, 0.4) is 0 Å². The highest BCUT2D eigenvalue weighted by Gasteiger charge is 2.18. The molecule has 0 amide bonds. The summed E-state index contributed by atoms with van der Waals surface area (Å²) in [6.07, 6.45) is -0.289. The number of hydrogen-bond donors (Lipinski definition) is 2. The van der Waals surface area contributed by atoms with E-state index in [0.717, 1.165) is 6.07 Å². The molecule has 0 aliphatic carbocycles. The van der Waals surface area contributed by atoms with Gasteiger partial charge in [0.25, 0.3) is 0 Å². The van der Waals surface area contributed by atoms with Crippen molar-refractivity contribution < 1.29 is 21.9 Å². The second-order valence-corrected chi connectivity index (χ2v) is 8.09. The molecule has 2 aromatic carbocycles. The number of halogens is 2. The van der Waals surface area contributed by atoms with Crippen molar-refractivity contribution in [2.75, 3.05) is 25.9 Å². The van der Waals surface area contributed by atoms with Gasteiger partial charge in [-0.1, -0.05) is 18.2 Å². The standard InChI is InChI=1S/C19H23F2N3O3S/c1-14(27-16-7-5-6-15(20)12-16)13-24-19(22-2)23-10-11-28(25,26)18-9-4-3-8-17(18)21/h3-9,12,14H,10-11,13H2,1-2H3,(H2,22,23,24). The number of guanidine groups is 1. The molecule has 2 N–H and O–H groups in total. The van der Waals surface area contributed by atoms with Gasteiger partial charge in [0.1, 0.15) is 28.4 Å². The van der Waals surface area contributed by atoms with Crippen molar-refractivity contribution in [1.82, 2.24) is 10.6 Å². The first-order valence-corrected chi connectivity index (χ1v) is 10.3. The number of aliphatic imine (C=N–C) groups is 1. The van der Waals surface area contributed by atoms with E-state index in [-0.39, 0.29) is 29.1 Å². The molecular formula is C19H23F2N3O3S. The van der Waals surface area contributed by atoms with Crippen LogP contribution in [0, 0.1) is 11.6 Å². The highest BCUT2D eigenvalue weighted by molar-refractivity contribution is 7.91. The van der Waals surface area contributed by atoms with Crippen molar-refractivity contribution in [3.63, 3.8) is 0 Å². The van der Waals surface area contributed by atoms with Crippen LogP contribution in [-0.4, -0.2) is 46.4 Å². The smallest absolute Gasteiger partial charge is 0.191 e. The van der Waals surface area contributed by atoms with Crippen LogP contribution in [0.15, 0.2) is 58.4 Å². The number of sulfone groups is 1. The van der Waals surface area contributed by atoms with E-state index in [0.29, 0.717) is 18.3 Å². The maximum Gasteiger partial charge on any atom is 0.191 e. The van der Waals surface area contributed by atoms with Gasteiger partial charge in [-0.15, -0.1) is 0 Å². The Balaban J connectivity index is 1.80. The lowest BCUT2D eigenvalue weighted by Crippen LogP contribution is -2.43. The fraction of sp³-hybridized carbons (Fsp3) is 0.316. The molecule has 1 unspecified atom stereocenters. The lowest BCUT2D eigenvalue weighted by molar-refractivity contribution is 0.223. The number of hydrogen-bond acceptors (Lipinski definition) is 4. The number of nitrogens with zero attached hydrogens (tertiary/aromatic N) is 1. The number of benzene rings is 2. The Hall–Kier alpha value is -2.68. The van der Waals surface area contributed by atoms with E-state index in [9.17, 15) is 17.2 Å². The van der Waals surface area contributed by atoms with Crippen molar-refractivity contribution in [2.24, 2.45) is 4.99 Å². The molecule has 0 aliphatic rings. The van der Waals surface area contributed by atoms with Gasteiger partial charge in [-0.2, -0.15) is 0 Å². The van der Waals surface area contributed by atoms with Gasteiger partial charge in [0.2, 0.25) is 0 Å². The molecule has 0 spiro atoms. The monoisotopic (exact) mass is 411 g/mol. The Morgan fingerprint density at radius 3 is 2.57 bits per heavy atom. The molecule has 0 heterocycles. The molecule has 152 valence electrons. The van der Waals surface area contributed by atoms with E-state index in [4.69, 9.17) is 4.74 Å². The normalized spacial score (nSPS) is 13.1. The van der Waals surface area contributed by atoms with Crippen LogP contribution in [0.4, 0.5) is 8.78 Å². The van der Waals surface area contributed by atoms with E-state index < -0.39 is 15.7 Å². The molecule has 0 saturated heterocycles. The van der Waals surface area contributed by atoms with E-state index in [1.54, 1.807) is 26.1 Å². The zero-order valence-electron chi connectivity index (χ0n) is 15.7. The topological polar surface area (TPSA) is 79.8 Å². The number of nitrogens with one attached hydrogen (secondary N) is 2. The quantitative estimate of drug-likeness (QED) is 0.515. The summed E-state index contributed by atoms with van der Waals surface area (Å²) < 4.78 is 56.9. The van der Waals surface area contributed by atoms with Crippen molar-refractivity contribution in [1.29, 1.82) is 0 Å². The zero-order chi connectivity index (χ0) is 20.6. The Morgan fingerprint density at radius 1 is 1.14 bits per heavy atom. The van der Waals surface area contributed by atoms with Gasteiger partial charge < -0.3 is 15.4 Å². The summed E-state index contributed by atoms with van der Waals surface area (Å²) in [4.78, 5) is 3.68. The molecule has 0 aliphatic heterocycles. The Morgan fingerprint density at radius 2 is 1.89 bits per heavy atom. The maximum absolute atomic E-state index is 13.7. The molecule has 0 saturated carbocycles. The third-order valence-corrected chi connectivity index (χ3v) is 5.49. The average Bonchev–Trinajstić information content (AvgIpc) is 2.64. The van der Waals surface area contributed by atoms with Gasteiger partial charge in [-0.3, -0.25) is 4.99 Å². The minimum Gasteiger partial charge on any atom is -0.489 e. The van der Waals surface area contributed by atoms with Crippen molar-refractivity contribution >= 4 is 15.8 Å². The molecule has 2 aromatic rings. The Kier molecular flexibility index (Phi) is 7.74. The summed E-state index contributed by atoms with van der Waals surface area (Å²) in [5, 5.41) is 5.86. The Bertz CT molecular complexity index is 920. The minimum absolute atomic E-state index is 0.0511. The van der Waals surface area contributed by atoms with Crippen LogP contribution < -0.4 is 15.4 Å². The first-order chi connectivity index (χ1) is 13.3. The molecule has 6 nitrogen and oxygen atoms in total. The molecule has 0 bridgehead atoms. The van der Waals surface area contributed by atoms with Crippen LogP contribution in [0.25, 0.3) is 0 Å². The largest absolute Gasteiger partial charge is 0.489 e. The average molecular weight is 411 g/mol. The van der Waals surface area contributed by atoms with Gasteiger partial charge in [0.15, 0.2) is 15.8 Å². The van der Waals surface area contributed by atoms with Gasteiger partial charge in [-0.05, 0) is 31.2 Å². The van der Waals surface area contributed by atoms with Gasteiger partial charge in [0.05, 0.1) is 12.3 Å². The summed E-state index contributed by atoms with van der Waals surface area (Å²) in [6.45, 7) is 2.21. The first kappa shape index (κ1) is 21.6. The molecular weight excluding hydrogens is 388 g/mol. The molecule has 0 fully saturated rings. The maximum atomic E-state index is 13.7. The molecule has 0 aromatic heterocycles. The van der Waals surface area contributed by atoms with Crippen molar-refractivity contribution in [2.45, 2.75) is 17.9 Å². The van der Waals surface area contributed by atoms with E-state index in [1.165, 1.54) is 30.3 Å². The van der Waals surface area contributed by atoms with E-state index in [2.05, 4.69) is 15.6 Å². The minimum atomic E-state index is -3.75. The van der Waals surface area contributed by atoms with Gasteiger partial charge >= 0.3 is 0 Å². The lowest BCUT2D eigenvalue weighted by Gasteiger charge is -2.18. The summed E-state index contributed by atoms with van der Waals surface area (Å²) in [5.41, 5.74) is 0. The summed E-state index contributed by atoms with van der Waals surface area (Å²) in [5.74, 6) is -0.657. The predicted molar refractivity (Wildman–Crippen MR) is 104 cm³/mol. The third kappa shape index (κ3) is 6.49. The van der Waals surface area contributed by atoms with Crippen LogP contribution in [0.1, 0.15) is 6.92 Å². The highest BCUT2D eigenvalue weighted by Crippen LogP contribution is 2.15. The fourth-order valence-corrected chi connectivity index (χ4v) is 3.63. The molecule has 0 radical (unpaired) electrons. The second-order valence-electron chi connectivity index (χ2n) is 6.02. The van der Waals surface area contributed by atoms with Crippen LogP contribution in [0.2, 0.25) is 0 Å².